The van der Waals surface area contributed by atoms with E-state index >= 15 is 0 Å². The molecular formula is C14H21NO2S. The van der Waals surface area contributed by atoms with Crippen LogP contribution < -0.4 is 0 Å². The molecule has 2 aliphatic rings. The van der Waals surface area contributed by atoms with Crippen LogP contribution in [0.5, 0.6) is 0 Å². The van der Waals surface area contributed by atoms with E-state index in [2.05, 4.69) is 16.3 Å². The summed E-state index contributed by atoms with van der Waals surface area (Å²) in [6, 6.07) is 4.10. The highest BCUT2D eigenvalue weighted by Gasteiger charge is 2.46. The second-order valence-corrected chi connectivity index (χ2v) is 6.31. The van der Waals surface area contributed by atoms with Crippen LogP contribution in [0.25, 0.3) is 0 Å². The molecule has 0 spiro atoms. The molecule has 1 aromatic heterocycles. The maximum Gasteiger partial charge on any atom is 0.106 e. The molecular weight excluding hydrogens is 246 g/mol. The van der Waals surface area contributed by atoms with Crippen LogP contribution in [-0.4, -0.2) is 41.8 Å². The minimum absolute atomic E-state index is 0.0331. The Balaban J connectivity index is 1.86. The van der Waals surface area contributed by atoms with Crippen molar-refractivity contribution in [3.05, 3.63) is 22.4 Å². The molecule has 3 nitrogen and oxygen atoms in total. The molecule has 0 amide bonds. The number of rotatable bonds is 3. The van der Waals surface area contributed by atoms with E-state index in [1.165, 1.54) is 12.8 Å². The number of hydrogen-bond acceptors (Lipinski definition) is 4. The Bertz CT molecular complexity index is 367. The van der Waals surface area contributed by atoms with Gasteiger partial charge < -0.3 is 9.84 Å². The van der Waals surface area contributed by atoms with Gasteiger partial charge in [0.2, 0.25) is 0 Å². The van der Waals surface area contributed by atoms with Crippen molar-refractivity contribution in [2.45, 2.75) is 37.3 Å². The SMILES string of the molecule is OC(c1cccs1)C1(N2CCOCC2)CCCC1. The first-order valence-electron chi connectivity index (χ1n) is 6.87. The van der Waals surface area contributed by atoms with Gasteiger partial charge in [0.25, 0.3) is 0 Å². The zero-order valence-corrected chi connectivity index (χ0v) is 11.5. The lowest BCUT2D eigenvalue weighted by Gasteiger charge is -2.46. The number of ether oxygens (including phenoxy) is 1. The van der Waals surface area contributed by atoms with E-state index in [0.717, 1.165) is 44.0 Å². The molecule has 1 atom stereocenters. The standard InChI is InChI=1S/C14H21NO2S/c16-13(12-4-3-11-18-12)14(5-1-2-6-14)15-7-9-17-10-8-15/h3-4,11,13,16H,1-2,5-10H2. The molecule has 3 rings (SSSR count). The average molecular weight is 267 g/mol. The van der Waals surface area contributed by atoms with Crippen molar-refractivity contribution in [3.8, 4) is 0 Å². The highest BCUT2D eigenvalue weighted by atomic mass is 32.1. The van der Waals surface area contributed by atoms with Gasteiger partial charge in [-0.3, -0.25) is 4.90 Å². The van der Waals surface area contributed by atoms with Crippen LogP contribution in [0.3, 0.4) is 0 Å². The predicted molar refractivity (Wildman–Crippen MR) is 72.9 cm³/mol. The molecule has 1 aliphatic carbocycles. The van der Waals surface area contributed by atoms with Crippen molar-refractivity contribution in [2.24, 2.45) is 0 Å². The monoisotopic (exact) mass is 267 g/mol. The van der Waals surface area contributed by atoms with Crippen molar-refractivity contribution in [1.82, 2.24) is 4.90 Å². The lowest BCUT2D eigenvalue weighted by Crippen LogP contribution is -2.55. The van der Waals surface area contributed by atoms with E-state index < -0.39 is 0 Å². The van der Waals surface area contributed by atoms with Gasteiger partial charge in [0, 0.05) is 18.0 Å². The molecule has 0 radical (unpaired) electrons. The fourth-order valence-corrected chi connectivity index (χ4v) is 4.29. The first-order chi connectivity index (χ1) is 8.83. The lowest BCUT2D eigenvalue weighted by atomic mass is 9.87. The summed E-state index contributed by atoms with van der Waals surface area (Å²) in [5, 5.41) is 12.9. The molecule has 2 fully saturated rings. The van der Waals surface area contributed by atoms with E-state index in [9.17, 15) is 5.11 Å². The molecule has 1 unspecified atom stereocenters. The van der Waals surface area contributed by atoms with Gasteiger partial charge in [-0.25, -0.2) is 0 Å². The molecule has 1 aliphatic heterocycles. The van der Waals surface area contributed by atoms with Crippen molar-refractivity contribution in [1.29, 1.82) is 0 Å². The minimum Gasteiger partial charge on any atom is -0.386 e. The largest absolute Gasteiger partial charge is 0.386 e. The zero-order valence-electron chi connectivity index (χ0n) is 10.7. The highest BCUT2D eigenvalue weighted by molar-refractivity contribution is 7.10. The van der Waals surface area contributed by atoms with Crippen molar-refractivity contribution >= 4 is 11.3 Å². The van der Waals surface area contributed by atoms with Gasteiger partial charge in [-0.15, -0.1) is 11.3 Å². The molecule has 1 N–H and O–H groups in total. The molecule has 1 aromatic rings. The Labute approximate surface area is 112 Å². The lowest BCUT2D eigenvalue weighted by molar-refractivity contribution is -0.0763. The van der Waals surface area contributed by atoms with Gasteiger partial charge in [0.1, 0.15) is 6.10 Å². The summed E-state index contributed by atoms with van der Waals surface area (Å²) in [4.78, 5) is 3.59. The first-order valence-corrected chi connectivity index (χ1v) is 7.75. The zero-order chi connectivity index (χ0) is 12.4. The van der Waals surface area contributed by atoms with Gasteiger partial charge >= 0.3 is 0 Å². The number of aliphatic hydroxyl groups excluding tert-OH is 1. The van der Waals surface area contributed by atoms with Gasteiger partial charge in [-0.2, -0.15) is 0 Å². The van der Waals surface area contributed by atoms with Crippen LogP contribution in [0.1, 0.15) is 36.7 Å². The number of nitrogens with zero attached hydrogens (tertiary/aromatic N) is 1. The molecule has 0 bridgehead atoms. The van der Waals surface area contributed by atoms with Crippen LogP contribution in [0.4, 0.5) is 0 Å². The Hall–Kier alpha value is -0.420. The second kappa shape index (κ2) is 5.29. The fourth-order valence-electron chi connectivity index (χ4n) is 3.47. The third-order valence-electron chi connectivity index (χ3n) is 4.43. The number of morpholine rings is 1. The Morgan fingerprint density at radius 1 is 1.28 bits per heavy atom. The Morgan fingerprint density at radius 3 is 2.61 bits per heavy atom. The second-order valence-electron chi connectivity index (χ2n) is 5.33. The van der Waals surface area contributed by atoms with Gasteiger partial charge in [-0.1, -0.05) is 18.9 Å². The maximum absolute atomic E-state index is 10.8. The highest BCUT2D eigenvalue weighted by Crippen LogP contribution is 2.45. The fraction of sp³-hybridized carbons (Fsp3) is 0.714. The molecule has 2 heterocycles. The summed E-state index contributed by atoms with van der Waals surface area (Å²) < 4.78 is 5.45. The van der Waals surface area contributed by atoms with E-state index in [1.54, 1.807) is 11.3 Å². The van der Waals surface area contributed by atoms with E-state index in [0.29, 0.717) is 0 Å². The van der Waals surface area contributed by atoms with Crippen molar-refractivity contribution < 1.29 is 9.84 Å². The van der Waals surface area contributed by atoms with E-state index in [4.69, 9.17) is 4.74 Å². The van der Waals surface area contributed by atoms with Crippen LogP contribution >= 0.6 is 11.3 Å². The quantitative estimate of drug-likeness (QED) is 0.913. The summed E-state index contributed by atoms with van der Waals surface area (Å²) in [6.45, 7) is 3.53. The minimum atomic E-state index is -0.335. The molecule has 100 valence electrons. The third kappa shape index (κ3) is 2.11. The number of thiophene rings is 1. The Kier molecular flexibility index (Phi) is 3.71. The molecule has 1 saturated heterocycles. The first kappa shape index (κ1) is 12.6. The van der Waals surface area contributed by atoms with Gasteiger partial charge in [-0.05, 0) is 24.3 Å². The van der Waals surface area contributed by atoms with Crippen LogP contribution in [0, 0.1) is 0 Å². The summed E-state index contributed by atoms with van der Waals surface area (Å²) in [5.74, 6) is 0. The van der Waals surface area contributed by atoms with E-state index in [1.807, 2.05) is 6.07 Å². The normalized spacial score (nSPS) is 26.3. The topological polar surface area (TPSA) is 32.7 Å². The number of aliphatic hydroxyl groups is 1. The molecule has 18 heavy (non-hydrogen) atoms. The summed E-state index contributed by atoms with van der Waals surface area (Å²) in [7, 11) is 0. The van der Waals surface area contributed by atoms with Crippen LogP contribution in [0.2, 0.25) is 0 Å². The maximum atomic E-state index is 10.8. The molecule has 0 aromatic carbocycles. The predicted octanol–water partition coefficient (Wildman–Crippen LogP) is 2.43. The summed E-state index contributed by atoms with van der Waals surface area (Å²) >= 11 is 1.67. The van der Waals surface area contributed by atoms with Crippen LogP contribution in [0.15, 0.2) is 17.5 Å². The Morgan fingerprint density at radius 2 is 2.00 bits per heavy atom. The average Bonchev–Trinajstić information content (AvgIpc) is 3.11. The van der Waals surface area contributed by atoms with Gasteiger partial charge in [0.15, 0.2) is 0 Å². The van der Waals surface area contributed by atoms with Crippen molar-refractivity contribution in [3.63, 3.8) is 0 Å². The van der Waals surface area contributed by atoms with Gasteiger partial charge in [0.05, 0.1) is 18.8 Å². The van der Waals surface area contributed by atoms with E-state index in [-0.39, 0.29) is 11.6 Å². The smallest absolute Gasteiger partial charge is 0.106 e. The number of hydrogen-bond donors (Lipinski definition) is 1. The molecule has 4 heteroatoms. The summed E-state index contributed by atoms with van der Waals surface area (Å²) in [5.41, 5.74) is -0.0331. The van der Waals surface area contributed by atoms with Crippen molar-refractivity contribution in [2.75, 3.05) is 26.3 Å². The summed E-state index contributed by atoms with van der Waals surface area (Å²) in [6.07, 6.45) is 4.37. The van der Waals surface area contributed by atoms with Crippen LogP contribution in [-0.2, 0) is 4.74 Å². The third-order valence-corrected chi connectivity index (χ3v) is 5.36. The molecule has 1 saturated carbocycles.